The molecule has 3 heteroatoms. The van der Waals surface area contributed by atoms with Gasteiger partial charge < -0.3 is 10.1 Å². The molecular formula is C12H19NO2. The topological polar surface area (TPSA) is 38.3 Å². The molecule has 2 bridgehead atoms. The van der Waals surface area contributed by atoms with Crippen molar-refractivity contribution in [1.82, 2.24) is 5.32 Å². The SMILES string of the molecule is C=CC(C)(C)COC(=O)C1C2CNC1C2. The molecule has 2 saturated heterocycles. The van der Waals surface area contributed by atoms with E-state index in [2.05, 4.69) is 11.9 Å². The number of carbonyl (C=O) groups is 1. The van der Waals surface area contributed by atoms with E-state index in [1.807, 2.05) is 19.9 Å². The number of hydrogen-bond acceptors (Lipinski definition) is 3. The van der Waals surface area contributed by atoms with Gasteiger partial charge >= 0.3 is 5.97 Å². The second-order valence-electron chi connectivity index (χ2n) is 5.34. The molecule has 1 aliphatic carbocycles. The first-order valence-corrected chi connectivity index (χ1v) is 5.57. The summed E-state index contributed by atoms with van der Waals surface area (Å²) in [6, 6.07) is 0.384. The van der Waals surface area contributed by atoms with Gasteiger partial charge in [-0.1, -0.05) is 19.9 Å². The second-order valence-corrected chi connectivity index (χ2v) is 5.34. The first-order valence-electron chi connectivity index (χ1n) is 5.57. The van der Waals surface area contributed by atoms with Gasteiger partial charge in [0.1, 0.15) is 0 Å². The third-order valence-electron chi connectivity index (χ3n) is 3.55. The zero-order valence-electron chi connectivity index (χ0n) is 9.45. The van der Waals surface area contributed by atoms with Gasteiger partial charge in [-0.2, -0.15) is 0 Å². The van der Waals surface area contributed by atoms with Crippen molar-refractivity contribution >= 4 is 5.97 Å². The molecule has 3 aliphatic rings. The molecule has 3 fully saturated rings. The Hall–Kier alpha value is -0.830. The van der Waals surface area contributed by atoms with Gasteiger partial charge in [0.25, 0.3) is 0 Å². The van der Waals surface area contributed by atoms with Gasteiger partial charge in [0.15, 0.2) is 0 Å². The van der Waals surface area contributed by atoms with Crippen molar-refractivity contribution in [2.24, 2.45) is 17.3 Å². The lowest BCUT2D eigenvalue weighted by molar-refractivity contribution is -0.155. The predicted octanol–water partition coefficient (Wildman–Crippen LogP) is 1.35. The highest BCUT2D eigenvalue weighted by atomic mass is 16.5. The number of ether oxygens (including phenoxy) is 1. The van der Waals surface area contributed by atoms with E-state index in [0.717, 1.165) is 13.0 Å². The summed E-state index contributed by atoms with van der Waals surface area (Å²) in [5, 5.41) is 3.31. The zero-order valence-corrected chi connectivity index (χ0v) is 9.45. The normalized spacial score (nSPS) is 33.3. The molecule has 15 heavy (non-hydrogen) atoms. The fraction of sp³-hybridized carbons (Fsp3) is 0.750. The molecule has 3 unspecified atom stereocenters. The molecule has 1 N–H and O–H groups in total. The van der Waals surface area contributed by atoms with Crippen LogP contribution in [0.3, 0.4) is 0 Å². The van der Waals surface area contributed by atoms with Gasteiger partial charge in [-0.05, 0) is 18.9 Å². The Morgan fingerprint density at radius 1 is 1.67 bits per heavy atom. The monoisotopic (exact) mass is 209 g/mol. The molecule has 3 atom stereocenters. The van der Waals surface area contributed by atoms with E-state index in [-0.39, 0.29) is 17.3 Å². The average Bonchev–Trinajstić information content (AvgIpc) is 2.76. The molecule has 2 heterocycles. The maximum absolute atomic E-state index is 11.8. The zero-order chi connectivity index (χ0) is 11.1. The minimum atomic E-state index is -0.119. The number of hydrogen-bond donors (Lipinski definition) is 1. The molecule has 0 aromatic rings. The Bertz CT molecular complexity index is 271. The molecule has 3 nitrogen and oxygen atoms in total. The summed E-state index contributed by atoms with van der Waals surface area (Å²) >= 11 is 0. The van der Waals surface area contributed by atoms with Crippen LogP contribution in [0.1, 0.15) is 20.3 Å². The fourth-order valence-corrected chi connectivity index (χ4v) is 2.24. The summed E-state index contributed by atoms with van der Waals surface area (Å²) < 4.78 is 5.33. The van der Waals surface area contributed by atoms with E-state index >= 15 is 0 Å². The molecular weight excluding hydrogens is 190 g/mol. The van der Waals surface area contributed by atoms with E-state index in [1.54, 1.807) is 0 Å². The molecule has 2 aliphatic heterocycles. The van der Waals surface area contributed by atoms with Crippen LogP contribution in [0.2, 0.25) is 0 Å². The number of fused-ring (bicyclic) bond motifs is 1. The molecule has 1 saturated carbocycles. The Morgan fingerprint density at radius 2 is 2.40 bits per heavy atom. The van der Waals surface area contributed by atoms with Crippen molar-refractivity contribution in [2.75, 3.05) is 13.2 Å². The number of nitrogens with one attached hydrogen (secondary N) is 1. The number of carbonyl (C=O) groups excluding carboxylic acids is 1. The lowest BCUT2D eigenvalue weighted by Crippen LogP contribution is -2.43. The standard InChI is InChI=1S/C12H19NO2/c1-4-12(2,3)7-15-11(14)10-8-5-9(10)13-6-8/h4,8-10,13H,1,5-7H2,2-3H3. The van der Waals surface area contributed by atoms with Gasteiger partial charge in [0.2, 0.25) is 0 Å². The third-order valence-corrected chi connectivity index (χ3v) is 3.55. The van der Waals surface area contributed by atoms with Crippen LogP contribution in [0.4, 0.5) is 0 Å². The Balaban J connectivity index is 1.81. The molecule has 3 rings (SSSR count). The van der Waals surface area contributed by atoms with E-state index in [0.29, 0.717) is 18.6 Å². The summed E-state index contributed by atoms with van der Waals surface area (Å²) in [5.74, 6) is 0.608. The van der Waals surface area contributed by atoms with Gasteiger partial charge in [-0.25, -0.2) is 0 Å². The lowest BCUT2D eigenvalue weighted by atomic mass is 9.74. The molecule has 0 aromatic heterocycles. The van der Waals surface area contributed by atoms with Gasteiger partial charge in [-0.3, -0.25) is 4.79 Å². The fourth-order valence-electron chi connectivity index (χ4n) is 2.24. The third kappa shape index (κ3) is 1.93. The van der Waals surface area contributed by atoms with Crippen molar-refractivity contribution < 1.29 is 9.53 Å². The largest absolute Gasteiger partial charge is 0.465 e. The van der Waals surface area contributed by atoms with Crippen molar-refractivity contribution in [3.63, 3.8) is 0 Å². The van der Waals surface area contributed by atoms with Crippen LogP contribution in [-0.4, -0.2) is 25.2 Å². The summed E-state index contributed by atoms with van der Waals surface area (Å²) in [6.45, 7) is 9.17. The van der Waals surface area contributed by atoms with E-state index in [9.17, 15) is 4.79 Å². The van der Waals surface area contributed by atoms with Crippen LogP contribution >= 0.6 is 0 Å². The summed E-state index contributed by atoms with van der Waals surface area (Å²) in [4.78, 5) is 11.8. The lowest BCUT2D eigenvalue weighted by Gasteiger charge is -2.33. The van der Waals surface area contributed by atoms with Gasteiger partial charge in [-0.15, -0.1) is 6.58 Å². The molecule has 84 valence electrons. The van der Waals surface area contributed by atoms with Crippen molar-refractivity contribution in [3.8, 4) is 0 Å². The Morgan fingerprint density at radius 3 is 2.87 bits per heavy atom. The predicted molar refractivity (Wildman–Crippen MR) is 58.3 cm³/mol. The minimum Gasteiger partial charge on any atom is -0.465 e. The summed E-state index contributed by atoms with van der Waals surface area (Å²) in [7, 11) is 0. The molecule has 0 spiro atoms. The van der Waals surface area contributed by atoms with Crippen LogP contribution in [0.15, 0.2) is 12.7 Å². The molecule has 0 amide bonds. The van der Waals surface area contributed by atoms with Gasteiger partial charge in [0, 0.05) is 11.5 Å². The minimum absolute atomic E-state index is 0.0313. The van der Waals surface area contributed by atoms with E-state index in [1.165, 1.54) is 0 Å². The second kappa shape index (κ2) is 3.63. The smallest absolute Gasteiger partial charge is 0.310 e. The average molecular weight is 209 g/mol. The Labute approximate surface area is 90.9 Å². The molecule has 0 radical (unpaired) electrons. The molecule has 0 aromatic carbocycles. The van der Waals surface area contributed by atoms with Crippen LogP contribution in [0.25, 0.3) is 0 Å². The maximum atomic E-state index is 11.8. The van der Waals surface area contributed by atoms with Gasteiger partial charge in [0.05, 0.1) is 12.5 Å². The summed E-state index contributed by atoms with van der Waals surface area (Å²) in [5.41, 5.74) is -0.119. The van der Waals surface area contributed by atoms with Crippen LogP contribution in [-0.2, 0) is 9.53 Å². The van der Waals surface area contributed by atoms with E-state index in [4.69, 9.17) is 4.74 Å². The highest BCUT2D eigenvalue weighted by molar-refractivity contribution is 5.75. The van der Waals surface area contributed by atoms with Crippen molar-refractivity contribution in [3.05, 3.63) is 12.7 Å². The quantitative estimate of drug-likeness (QED) is 0.561. The first-order chi connectivity index (χ1) is 7.03. The summed E-state index contributed by atoms with van der Waals surface area (Å²) in [6.07, 6.45) is 2.97. The Kier molecular flexibility index (Phi) is 2.59. The van der Waals surface area contributed by atoms with Crippen molar-refractivity contribution in [2.45, 2.75) is 26.3 Å². The highest BCUT2D eigenvalue weighted by Crippen LogP contribution is 2.40. The van der Waals surface area contributed by atoms with Crippen molar-refractivity contribution in [1.29, 1.82) is 0 Å². The van der Waals surface area contributed by atoms with Crippen LogP contribution in [0.5, 0.6) is 0 Å². The first kappa shape index (κ1) is 10.7. The maximum Gasteiger partial charge on any atom is 0.310 e. The van der Waals surface area contributed by atoms with Crippen LogP contribution in [0, 0.1) is 17.3 Å². The number of rotatable bonds is 4. The van der Waals surface area contributed by atoms with E-state index < -0.39 is 0 Å². The number of esters is 1. The highest BCUT2D eigenvalue weighted by Gasteiger charge is 2.51. The van der Waals surface area contributed by atoms with Crippen LogP contribution < -0.4 is 5.32 Å².